The molecule has 0 aliphatic carbocycles. The lowest BCUT2D eigenvalue weighted by atomic mass is 10.0. The van der Waals surface area contributed by atoms with Crippen molar-refractivity contribution in [2.45, 2.75) is 39.8 Å². The van der Waals surface area contributed by atoms with E-state index in [0.29, 0.717) is 25.3 Å². The van der Waals surface area contributed by atoms with E-state index in [0.717, 1.165) is 26.7 Å². The van der Waals surface area contributed by atoms with Gasteiger partial charge in [0.1, 0.15) is 11.8 Å². The van der Waals surface area contributed by atoms with Crippen molar-refractivity contribution in [2.75, 3.05) is 13.2 Å². The molecule has 1 unspecified atom stereocenters. The van der Waals surface area contributed by atoms with Crippen molar-refractivity contribution in [3.05, 3.63) is 99.5 Å². The first-order valence-corrected chi connectivity index (χ1v) is 12.2. The van der Waals surface area contributed by atoms with E-state index in [9.17, 15) is 9.59 Å². The Morgan fingerprint density at radius 3 is 2.38 bits per heavy atom. The molecule has 0 aliphatic rings. The van der Waals surface area contributed by atoms with Crippen molar-refractivity contribution in [1.29, 1.82) is 0 Å². The molecule has 0 radical (unpaired) electrons. The summed E-state index contributed by atoms with van der Waals surface area (Å²) in [5, 5.41) is 2.90. The third-order valence-electron chi connectivity index (χ3n) is 5.55. The molecule has 34 heavy (non-hydrogen) atoms. The van der Waals surface area contributed by atoms with Crippen LogP contribution in [0.4, 0.5) is 0 Å². The Labute approximate surface area is 210 Å². The Hall–Kier alpha value is -3.12. The second kappa shape index (κ2) is 12.4. The highest BCUT2D eigenvalue weighted by molar-refractivity contribution is 9.10. The summed E-state index contributed by atoms with van der Waals surface area (Å²) in [6.45, 7) is 6.48. The molecule has 178 valence electrons. The normalized spacial score (nSPS) is 11.5. The number of amides is 2. The van der Waals surface area contributed by atoms with Crippen molar-refractivity contribution in [2.24, 2.45) is 0 Å². The number of hydrogen-bond acceptors (Lipinski definition) is 3. The average molecular weight is 523 g/mol. The second-order valence-electron chi connectivity index (χ2n) is 8.31. The highest BCUT2D eigenvalue weighted by atomic mass is 79.9. The van der Waals surface area contributed by atoms with Gasteiger partial charge in [-0.25, -0.2) is 0 Å². The van der Waals surface area contributed by atoms with E-state index < -0.39 is 6.04 Å². The van der Waals surface area contributed by atoms with Gasteiger partial charge in [-0.3, -0.25) is 9.59 Å². The van der Waals surface area contributed by atoms with Gasteiger partial charge in [0.15, 0.2) is 6.61 Å². The largest absolute Gasteiger partial charge is 0.483 e. The number of likely N-dealkylation sites (N-methyl/N-ethyl adjacent to an activating group) is 1. The fourth-order valence-electron chi connectivity index (χ4n) is 3.86. The number of halogens is 1. The van der Waals surface area contributed by atoms with E-state index in [1.165, 1.54) is 0 Å². The maximum absolute atomic E-state index is 13.5. The summed E-state index contributed by atoms with van der Waals surface area (Å²) < 4.78 is 6.82. The minimum absolute atomic E-state index is 0.150. The Kier molecular flexibility index (Phi) is 9.28. The first-order chi connectivity index (χ1) is 16.4. The number of hydrogen-bond donors (Lipinski definition) is 1. The molecule has 0 saturated heterocycles. The fourth-order valence-corrected chi connectivity index (χ4v) is 4.31. The number of carbonyl (C=O) groups is 2. The SMILES string of the molecule is CCNC(=O)C(Cc1ccccc1)N(Cc1cccc(Br)c1)C(=O)COc1ccc(C)cc1C. The average Bonchev–Trinajstić information content (AvgIpc) is 2.81. The lowest BCUT2D eigenvalue weighted by Gasteiger charge is -2.31. The van der Waals surface area contributed by atoms with Crippen molar-refractivity contribution in [3.63, 3.8) is 0 Å². The Morgan fingerprint density at radius 2 is 1.71 bits per heavy atom. The monoisotopic (exact) mass is 522 g/mol. The highest BCUT2D eigenvalue weighted by Crippen LogP contribution is 2.21. The van der Waals surface area contributed by atoms with E-state index in [1.807, 2.05) is 93.6 Å². The summed E-state index contributed by atoms with van der Waals surface area (Å²) in [6.07, 6.45) is 0.413. The van der Waals surface area contributed by atoms with E-state index in [-0.39, 0.29) is 18.4 Å². The molecule has 1 N–H and O–H groups in total. The maximum Gasteiger partial charge on any atom is 0.261 e. The van der Waals surface area contributed by atoms with Gasteiger partial charge in [0.2, 0.25) is 5.91 Å². The Bertz CT molecular complexity index is 1120. The number of carbonyl (C=O) groups excluding carboxylic acids is 2. The van der Waals surface area contributed by atoms with Crippen LogP contribution in [-0.2, 0) is 22.6 Å². The van der Waals surface area contributed by atoms with Gasteiger partial charge in [-0.2, -0.15) is 0 Å². The highest BCUT2D eigenvalue weighted by Gasteiger charge is 2.30. The van der Waals surface area contributed by atoms with Crippen LogP contribution in [0.15, 0.2) is 77.3 Å². The van der Waals surface area contributed by atoms with Gasteiger partial charge in [-0.15, -0.1) is 0 Å². The van der Waals surface area contributed by atoms with Crippen LogP contribution in [0.2, 0.25) is 0 Å². The Balaban J connectivity index is 1.90. The first kappa shape index (κ1) is 25.5. The summed E-state index contributed by atoms with van der Waals surface area (Å²) in [4.78, 5) is 28.3. The molecule has 0 saturated carbocycles. The minimum atomic E-state index is -0.670. The third-order valence-corrected chi connectivity index (χ3v) is 6.04. The zero-order chi connectivity index (χ0) is 24.5. The Morgan fingerprint density at radius 1 is 0.971 bits per heavy atom. The predicted molar refractivity (Wildman–Crippen MR) is 139 cm³/mol. The molecule has 1 atom stereocenters. The van der Waals surface area contributed by atoms with Crippen molar-refractivity contribution in [1.82, 2.24) is 10.2 Å². The summed E-state index contributed by atoms with van der Waals surface area (Å²) in [5.41, 5.74) is 4.01. The van der Waals surface area contributed by atoms with Crippen molar-refractivity contribution >= 4 is 27.7 Å². The molecule has 0 spiro atoms. The molecule has 0 bridgehead atoms. The standard InChI is InChI=1S/C28H31BrN2O3/c1-4-30-28(33)25(17-22-9-6-5-7-10-22)31(18-23-11-8-12-24(29)16-23)27(32)19-34-26-14-13-20(2)15-21(26)3/h5-16,25H,4,17-19H2,1-3H3,(H,30,33). The van der Waals surface area contributed by atoms with Gasteiger partial charge < -0.3 is 15.0 Å². The molecule has 0 aromatic heterocycles. The third kappa shape index (κ3) is 7.19. The minimum Gasteiger partial charge on any atom is -0.483 e. The van der Waals surface area contributed by atoms with Crippen molar-refractivity contribution < 1.29 is 14.3 Å². The molecule has 0 heterocycles. The van der Waals surface area contributed by atoms with Gasteiger partial charge in [-0.05, 0) is 55.7 Å². The van der Waals surface area contributed by atoms with E-state index in [1.54, 1.807) is 4.90 Å². The van der Waals surface area contributed by atoms with Crippen LogP contribution in [0.5, 0.6) is 5.75 Å². The maximum atomic E-state index is 13.5. The van der Waals surface area contributed by atoms with Crippen molar-refractivity contribution in [3.8, 4) is 5.75 Å². The van der Waals surface area contributed by atoms with Crippen LogP contribution in [0, 0.1) is 13.8 Å². The molecule has 3 rings (SSSR count). The first-order valence-electron chi connectivity index (χ1n) is 11.4. The molecular weight excluding hydrogens is 492 g/mol. The van der Waals surface area contributed by atoms with Crippen LogP contribution in [0.1, 0.15) is 29.2 Å². The van der Waals surface area contributed by atoms with E-state index in [4.69, 9.17) is 4.74 Å². The zero-order valence-electron chi connectivity index (χ0n) is 19.9. The molecule has 5 nitrogen and oxygen atoms in total. The van der Waals surface area contributed by atoms with Crippen LogP contribution >= 0.6 is 15.9 Å². The van der Waals surface area contributed by atoms with Gasteiger partial charge in [0.05, 0.1) is 0 Å². The smallest absolute Gasteiger partial charge is 0.261 e. The van der Waals surface area contributed by atoms with Crippen LogP contribution < -0.4 is 10.1 Å². The molecule has 2 amide bonds. The van der Waals surface area contributed by atoms with E-state index >= 15 is 0 Å². The number of ether oxygens (including phenoxy) is 1. The predicted octanol–water partition coefficient (Wildman–Crippen LogP) is 5.22. The molecule has 0 aliphatic heterocycles. The number of benzene rings is 3. The van der Waals surface area contributed by atoms with Gasteiger partial charge >= 0.3 is 0 Å². The number of nitrogens with zero attached hydrogens (tertiary/aromatic N) is 1. The van der Waals surface area contributed by atoms with Gasteiger partial charge in [0.25, 0.3) is 5.91 Å². The molecule has 3 aromatic carbocycles. The number of aryl methyl sites for hydroxylation is 2. The summed E-state index contributed by atoms with van der Waals surface area (Å²) >= 11 is 3.50. The lowest BCUT2D eigenvalue weighted by Crippen LogP contribution is -2.51. The van der Waals surface area contributed by atoms with Gasteiger partial charge in [-0.1, -0.05) is 76.1 Å². The molecule has 0 fully saturated rings. The number of rotatable bonds is 10. The van der Waals surface area contributed by atoms with Crippen LogP contribution in [-0.4, -0.2) is 35.9 Å². The number of nitrogens with one attached hydrogen (secondary N) is 1. The lowest BCUT2D eigenvalue weighted by molar-refractivity contribution is -0.142. The van der Waals surface area contributed by atoms with Crippen LogP contribution in [0.25, 0.3) is 0 Å². The molecule has 6 heteroatoms. The fraction of sp³-hybridized carbons (Fsp3) is 0.286. The topological polar surface area (TPSA) is 58.6 Å². The van der Waals surface area contributed by atoms with Gasteiger partial charge in [0, 0.05) is 24.0 Å². The van der Waals surface area contributed by atoms with Crippen LogP contribution in [0.3, 0.4) is 0 Å². The molecular formula is C28H31BrN2O3. The second-order valence-corrected chi connectivity index (χ2v) is 9.22. The van der Waals surface area contributed by atoms with E-state index in [2.05, 4.69) is 21.2 Å². The zero-order valence-corrected chi connectivity index (χ0v) is 21.5. The summed E-state index contributed by atoms with van der Waals surface area (Å²) in [7, 11) is 0. The molecule has 3 aromatic rings. The summed E-state index contributed by atoms with van der Waals surface area (Å²) in [5.74, 6) is 0.243. The summed E-state index contributed by atoms with van der Waals surface area (Å²) in [6, 6.07) is 22.7. The quantitative estimate of drug-likeness (QED) is 0.397.